The van der Waals surface area contributed by atoms with E-state index in [4.69, 9.17) is 40.3 Å². The van der Waals surface area contributed by atoms with Crippen LogP contribution in [0.4, 0.5) is 17.2 Å². The van der Waals surface area contributed by atoms with Crippen LogP contribution in [0, 0.1) is 0 Å². The first-order valence-electron chi connectivity index (χ1n) is 31.3. The van der Waals surface area contributed by atoms with Crippen LogP contribution in [0.2, 0.25) is 5.02 Å². The van der Waals surface area contributed by atoms with Gasteiger partial charge in [-0.1, -0.05) is 35.9 Å². The third-order valence-corrected chi connectivity index (χ3v) is 20.0. The van der Waals surface area contributed by atoms with Gasteiger partial charge in [0.15, 0.2) is 5.71 Å². The van der Waals surface area contributed by atoms with Gasteiger partial charge in [0.05, 0.1) is 89.1 Å². The quantitative estimate of drug-likeness (QED) is 0.00693. The number of nitrogens with zero attached hydrogens (tertiary/aromatic N) is 6. The molecule has 0 saturated heterocycles. The lowest BCUT2D eigenvalue weighted by atomic mass is 9.75. The fourth-order valence-electron chi connectivity index (χ4n) is 11.9. The number of carbonyl (C=O) groups excluding carboxylic acids is 1. The molecule has 97 heavy (non-hydrogen) atoms. The van der Waals surface area contributed by atoms with E-state index >= 15 is 0 Å². The predicted octanol–water partition coefficient (Wildman–Crippen LogP) is 8.20. The molecule has 0 saturated carbocycles. The van der Waals surface area contributed by atoms with Gasteiger partial charge >= 0.3 is 0 Å². The standard InChI is InChI=1S/C64H81ClN8O20S4/c1-45(2)93-57-39-47(65)19-18-46(57)43-67-60-42-53(70-62-68-44-69-73(60)62)50-13-7-8-14-56(50)91-36-35-90-34-33-89-32-31-88-29-26-66-61(74)17-6-5-9-27-71-54-22-20-48(96(82,83)84)40-51(54)63(3,24-11-37-94(76,77)78)58(71)15-10-16-59-64(4,25-12-38-95(79,80)81)52-41-49(97(85,86)87)21-23-55(52)72(59)28-30-92-75/h7-8,10,13-16,18-23,39-42,44-45H,5-6,9,11-12,17,24-38,43H2,1-4H3,(H6-,66,67,68,69,70,74,75,76,77,78,79,80,81,82,83,84,85,86,87). The highest BCUT2D eigenvalue weighted by Crippen LogP contribution is 2.52. The second kappa shape index (κ2) is 33.7. The number of hydrogen-bond donors (Lipinski definition) is 6. The number of nitrogens with one attached hydrogen (secondary N) is 2. The molecule has 8 rings (SSSR count). The van der Waals surface area contributed by atoms with Crippen LogP contribution in [0.3, 0.4) is 0 Å². The van der Waals surface area contributed by atoms with E-state index in [-0.39, 0.29) is 83.6 Å². The molecule has 2 aliphatic rings. The summed E-state index contributed by atoms with van der Waals surface area (Å²) in [6, 6.07) is 22.9. The molecule has 2 atom stereocenters. The number of benzene rings is 4. The van der Waals surface area contributed by atoms with Crippen molar-refractivity contribution in [1.82, 2.24) is 24.9 Å². The van der Waals surface area contributed by atoms with Gasteiger partial charge in [0, 0.05) is 94.9 Å². The van der Waals surface area contributed by atoms with Crippen LogP contribution in [0.15, 0.2) is 125 Å². The highest BCUT2D eigenvalue weighted by molar-refractivity contribution is 7.86. The number of amides is 1. The van der Waals surface area contributed by atoms with Gasteiger partial charge in [-0.05, 0) is 132 Å². The number of carbonyl (C=O) groups is 1. The van der Waals surface area contributed by atoms with Gasteiger partial charge in [0.2, 0.25) is 11.6 Å². The van der Waals surface area contributed by atoms with Crippen LogP contribution < -0.4 is 25.0 Å². The van der Waals surface area contributed by atoms with Crippen molar-refractivity contribution >= 4 is 86.7 Å². The van der Waals surface area contributed by atoms with Crippen molar-refractivity contribution in [2.24, 2.45) is 0 Å². The van der Waals surface area contributed by atoms with Gasteiger partial charge < -0.3 is 43.8 Å². The maximum atomic E-state index is 12.9. The Labute approximate surface area is 569 Å². The number of fused-ring (bicyclic) bond motifs is 3. The molecule has 4 aromatic carbocycles. The summed E-state index contributed by atoms with van der Waals surface area (Å²) in [5.41, 5.74) is 2.57. The van der Waals surface area contributed by atoms with Crippen molar-refractivity contribution < 1.29 is 95.1 Å². The monoisotopic (exact) mass is 1440 g/mol. The smallest absolute Gasteiger partial charge is 0.294 e. The molecule has 528 valence electrons. The molecule has 0 bridgehead atoms. The molecule has 0 fully saturated rings. The Morgan fingerprint density at radius 3 is 2.11 bits per heavy atom. The van der Waals surface area contributed by atoms with Gasteiger partial charge in [-0.2, -0.15) is 44.4 Å². The Balaban J connectivity index is 0.817. The molecule has 1 amide bonds. The highest BCUT2D eigenvalue weighted by Gasteiger charge is 2.49. The van der Waals surface area contributed by atoms with E-state index in [1.165, 1.54) is 42.7 Å². The predicted molar refractivity (Wildman–Crippen MR) is 360 cm³/mol. The van der Waals surface area contributed by atoms with Gasteiger partial charge in [0.25, 0.3) is 36.1 Å². The summed E-state index contributed by atoms with van der Waals surface area (Å²) in [5.74, 6) is 0.759. The van der Waals surface area contributed by atoms with Crippen molar-refractivity contribution in [1.29, 1.82) is 0 Å². The van der Waals surface area contributed by atoms with Crippen molar-refractivity contribution in [3.63, 3.8) is 0 Å². The van der Waals surface area contributed by atoms with Crippen LogP contribution >= 0.6 is 11.6 Å². The molecule has 2 aliphatic heterocycles. The largest absolute Gasteiger partial charge is 0.748 e. The van der Waals surface area contributed by atoms with Gasteiger partial charge in [-0.25, -0.2) is 18.3 Å². The topological polar surface area (TPSA) is 386 Å². The second-order valence-electron chi connectivity index (χ2n) is 23.8. The summed E-state index contributed by atoms with van der Waals surface area (Å²) < 4.78 is 172. The van der Waals surface area contributed by atoms with Crippen LogP contribution in [0.1, 0.15) is 95.8 Å². The lowest BCUT2D eigenvalue weighted by Crippen LogP contribution is -2.32. The van der Waals surface area contributed by atoms with E-state index in [9.17, 15) is 61.9 Å². The van der Waals surface area contributed by atoms with Crippen molar-refractivity contribution in [3.05, 3.63) is 137 Å². The maximum Gasteiger partial charge on any atom is 0.294 e. The Bertz CT molecular complexity index is 4330. The van der Waals surface area contributed by atoms with Gasteiger partial charge in [0.1, 0.15) is 36.8 Å². The Morgan fingerprint density at radius 2 is 1.42 bits per heavy atom. The number of para-hydroxylation sites is 1. The minimum Gasteiger partial charge on any atom is -0.748 e. The molecule has 28 nitrogen and oxygen atoms in total. The van der Waals surface area contributed by atoms with Gasteiger partial charge in [-0.3, -0.25) is 23.7 Å². The zero-order valence-electron chi connectivity index (χ0n) is 54.0. The minimum absolute atomic E-state index is 0.0135. The minimum atomic E-state index is -4.74. The third-order valence-electron chi connectivity index (χ3n) is 16.4. The first-order chi connectivity index (χ1) is 46.0. The van der Waals surface area contributed by atoms with Crippen LogP contribution in [0.5, 0.6) is 11.5 Å². The fourth-order valence-corrected chi connectivity index (χ4v) is 14.1. The summed E-state index contributed by atoms with van der Waals surface area (Å²) in [4.78, 5) is 27.3. The van der Waals surface area contributed by atoms with E-state index in [0.29, 0.717) is 127 Å². The van der Waals surface area contributed by atoms with Gasteiger partial charge in [-0.15, -0.1) is 0 Å². The zero-order valence-corrected chi connectivity index (χ0v) is 58.1. The molecule has 0 radical (unpaired) electrons. The molecule has 0 aliphatic carbocycles. The first-order valence-corrected chi connectivity index (χ1v) is 37.8. The van der Waals surface area contributed by atoms with E-state index in [1.807, 2.05) is 60.9 Å². The molecular weight excluding hydrogens is 1360 g/mol. The van der Waals surface area contributed by atoms with Crippen molar-refractivity contribution in [2.45, 2.75) is 112 Å². The van der Waals surface area contributed by atoms with E-state index in [2.05, 4.69) is 25.6 Å². The highest BCUT2D eigenvalue weighted by atomic mass is 35.5. The summed E-state index contributed by atoms with van der Waals surface area (Å²) in [6.45, 7) is 10.1. The average Bonchev–Trinajstić information content (AvgIpc) is 1.59. The number of unbranched alkanes of at least 4 members (excludes halogenated alkanes) is 2. The number of aromatic nitrogens is 4. The van der Waals surface area contributed by atoms with Crippen LogP contribution in [-0.4, -0.2) is 183 Å². The van der Waals surface area contributed by atoms with E-state index in [1.54, 1.807) is 47.6 Å². The lowest BCUT2D eigenvalue weighted by Gasteiger charge is -2.30. The molecule has 0 spiro atoms. The summed E-state index contributed by atoms with van der Waals surface area (Å²) >= 11 is 6.27. The normalized spacial score (nSPS) is 17.1. The molecule has 33 heteroatoms. The number of ether oxygens (including phenoxy) is 5. The molecule has 4 heterocycles. The molecule has 6 N–H and O–H groups in total. The van der Waals surface area contributed by atoms with Crippen LogP contribution in [-0.2, 0) is 81.7 Å². The second-order valence-corrected chi connectivity index (χ2v) is 30.1. The average molecular weight is 1450 g/mol. The summed E-state index contributed by atoms with van der Waals surface area (Å²) in [7, 11) is -18.6. The van der Waals surface area contributed by atoms with Crippen LogP contribution in [0.25, 0.3) is 17.0 Å². The number of hydrogen-bond acceptors (Lipinski definition) is 22. The summed E-state index contributed by atoms with van der Waals surface area (Å²) in [6.07, 6.45) is 7.89. The SMILES string of the molecule is CC(C)Oc1cc(Cl)ccc1CNc1cc(-c2ccccc2OCCOCCOCCOCCNC(=O)CCCCC[N+]2=C(/C=C/C=C3\N(CCOO)c4ccc(S(=O)(=O)O)cc4C3(C)CCCS(=O)(=O)[O-])C(C)(CCCS(=O)(=O)O)c3cc(S(=O)(=O)O)ccc32)nc2ncnn12. The molecular formula is C64H81ClN8O20S4. The van der Waals surface area contributed by atoms with Crippen molar-refractivity contribution in [2.75, 3.05) is 94.2 Å². The Hall–Kier alpha value is -7.02. The molecule has 6 aromatic rings. The maximum absolute atomic E-state index is 12.9. The molecule has 2 aromatic heterocycles. The number of halogens is 1. The number of allylic oxidation sites excluding steroid dienone is 4. The first kappa shape index (κ1) is 75.7. The van der Waals surface area contributed by atoms with Crippen molar-refractivity contribution in [3.8, 4) is 22.8 Å². The Morgan fingerprint density at radius 1 is 0.753 bits per heavy atom. The lowest BCUT2D eigenvalue weighted by molar-refractivity contribution is -0.438. The number of anilines is 2. The number of rotatable bonds is 40. The third kappa shape index (κ3) is 20.8. The Kier molecular flexibility index (Phi) is 26.3. The zero-order chi connectivity index (χ0) is 70.2. The summed E-state index contributed by atoms with van der Waals surface area (Å²) in [5, 5.41) is 20.7. The van der Waals surface area contributed by atoms with E-state index < -0.39 is 72.6 Å². The van der Waals surface area contributed by atoms with E-state index in [0.717, 1.165) is 11.1 Å². The molecule has 2 unspecified atom stereocenters. The fraction of sp³-hybridized carbons (Fsp3) is 0.453.